The van der Waals surface area contributed by atoms with Crippen molar-refractivity contribution in [3.8, 4) is 5.75 Å². The van der Waals surface area contributed by atoms with Crippen LogP contribution in [-0.4, -0.2) is 84.3 Å². The topological polar surface area (TPSA) is 60.9 Å². The van der Waals surface area contributed by atoms with Gasteiger partial charge in [0, 0.05) is 51.3 Å². The Kier molecular flexibility index (Phi) is 6.54. The highest BCUT2D eigenvalue weighted by Gasteiger charge is 2.42. The lowest BCUT2D eigenvalue weighted by Gasteiger charge is -2.44. The summed E-state index contributed by atoms with van der Waals surface area (Å²) in [6, 6.07) is 14.4. The zero-order valence-corrected chi connectivity index (χ0v) is 20.2. The molecule has 0 N–H and O–H groups in total. The number of likely N-dealkylation sites (N-methyl/N-ethyl adjacent to an activating group) is 1. The average molecular weight is 464 g/mol. The lowest BCUT2D eigenvalue weighted by Crippen LogP contribution is -2.60. The number of hydrazine groups is 1. The number of nitrogens with zero attached hydrogens (tertiary/aromatic N) is 5. The van der Waals surface area contributed by atoms with Gasteiger partial charge in [-0.25, -0.2) is 0 Å². The van der Waals surface area contributed by atoms with Crippen molar-refractivity contribution in [1.82, 2.24) is 19.9 Å². The molecule has 0 amide bonds. The molecule has 0 aromatic heterocycles. The molecule has 34 heavy (non-hydrogen) atoms. The van der Waals surface area contributed by atoms with E-state index in [1.165, 1.54) is 5.56 Å². The molecular formula is C26H33N5O3. The van der Waals surface area contributed by atoms with Gasteiger partial charge in [0.05, 0.1) is 0 Å². The van der Waals surface area contributed by atoms with E-state index in [4.69, 9.17) is 9.47 Å². The molecule has 0 saturated carbocycles. The first-order valence-electron chi connectivity index (χ1n) is 12.0. The van der Waals surface area contributed by atoms with Gasteiger partial charge in [-0.1, -0.05) is 29.8 Å². The minimum atomic E-state index is -0.783. The van der Waals surface area contributed by atoms with Crippen LogP contribution in [0.5, 0.6) is 5.75 Å². The zero-order chi connectivity index (χ0) is 23.7. The third kappa shape index (κ3) is 4.80. The predicted molar refractivity (Wildman–Crippen MR) is 130 cm³/mol. The summed E-state index contributed by atoms with van der Waals surface area (Å²) in [6.45, 7) is 10.3. The maximum absolute atomic E-state index is 11.7. The van der Waals surface area contributed by atoms with E-state index in [0.29, 0.717) is 5.90 Å². The average Bonchev–Trinajstić information content (AvgIpc) is 3.23. The molecule has 2 atom stereocenters. The van der Waals surface area contributed by atoms with Gasteiger partial charge in [0.1, 0.15) is 5.75 Å². The second-order valence-corrected chi connectivity index (χ2v) is 9.44. The van der Waals surface area contributed by atoms with Crippen LogP contribution in [0.15, 0.2) is 47.6 Å². The van der Waals surface area contributed by atoms with Gasteiger partial charge in [0.15, 0.2) is 12.5 Å². The number of benzene rings is 2. The van der Waals surface area contributed by atoms with Crippen molar-refractivity contribution >= 4 is 12.2 Å². The summed E-state index contributed by atoms with van der Waals surface area (Å²) in [5, 5.41) is 8.17. The first-order chi connectivity index (χ1) is 16.5. The number of hydrazone groups is 1. The van der Waals surface area contributed by atoms with Crippen LogP contribution in [0.2, 0.25) is 0 Å². The maximum atomic E-state index is 11.7. The number of hydrogen-bond donors (Lipinski definition) is 0. The summed E-state index contributed by atoms with van der Waals surface area (Å²) in [4.78, 5) is 16.6. The molecule has 5 rings (SSSR count). The fourth-order valence-electron chi connectivity index (χ4n) is 4.50. The highest BCUT2D eigenvalue weighted by molar-refractivity contribution is 5.95. The smallest absolute Gasteiger partial charge is 0.260 e. The van der Waals surface area contributed by atoms with Crippen LogP contribution < -0.4 is 4.74 Å². The first-order valence-corrected chi connectivity index (χ1v) is 12.0. The highest BCUT2D eigenvalue weighted by Crippen LogP contribution is 2.30. The van der Waals surface area contributed by atoms with Crippen LogP contribution in [0.1, 0.15) is 28.7 Å². The minimum absolute atomic E-state index is 0.186. The Hall–Kier alpha value is -2.94. The van der Waals surface area contributed by atoms with Gasteiger partial charge in [-0.3, -0.25) is 9.69 Å². The fourth-order valence-corrected chi connectivity index (χ4v) is 4.50. The Morgan fingerprint density at radius 1 is 1.06 bits per heavy atom. The molecule has 2 aromatic rings. The van der Waals surface area contributed by atoms with Gasteiger partial charge >= 0.3 is 0 Å². The second kappa shape index (κ2) is 9.74. The molecular weight excluding hydrogens is 430 g/mol. The normalized spacial score (nSPS) is 23.9. The number of aldehydes is 1. The van der Waals surface area contributed by atoms with Crippen molar-refractivity contribution in [2.45, 2.75) is 39.3 Å². The van der Waals surface area contributed by atoms with Crippen molar-refractivity contribution in [2.24, 2.45) is 5.10 Å². The molecule has 2 aromatic carbocycles. The summed E-state index contributed by atoms with van der Waals surface area (Å²) >= 11 is 0. The number of piperazine rings is 1. The van der Waals surface area contributed by atoms with E-state index in [-0.39, 0.29) is 6.23 Å². The van der Waals surface area contributed by atoms with Crippen LogP contribution in [0.25, 0.3) is 0 Å². The maximum Gasteiger partial charge on any atom is 0.260 e. The minimum Gasteiger partial charge on any atom is -0.473 e. The molecule has 3 aliphatic rings. The molecule has 0 radical (unpaired) electrons. The standard InChI is InChI=1S/C26H33N5O3/c1-19-4-7-22(8-5-19)26-27-31(25(18-32)34-26)30-11-10-24(30)33-23-9-6-21(16-20(23)2)17-29-14-12-28(3)13-15-29/h4-9,16,18,24-25H,10-15,17H2,1-3H3. The van der Waals surface area contributed by atoms with E-state index in [9.17, 15) is 4.79 Å². The molecule has 2 saturated heterocycles. The van der Waals surface area contributed by atoms with Crippen LogP contribution in [0.4, 0.5) is 0 Å². The van der Waals surface area contributed by atoms with Crippen LogP contribution in [0, 0.1) is 13.8 Å². The number of aryl methyl sites for hydroxylation is 2. The van der Waals surface area contributed by atoms with E-state index >= 15 is 0 Å². The Morgan fingerprint density at radius 3 is 2.47 bits per heavy atom. The van der Waals surface area contributed by atoms with Gasteiger partial charge in [-0.05, 0) is 50.2 Å². The Bertz CT molecular complexity index is 1050. The SMILES string of the molecule is Cc1ccc(C2=NN(N3CCC3Oc3ccc(CN4CCN(C)CC4)cc3C)C(C=O)O2)cc1. The van der Waals surface area contributed by atoms with Gasteiger partial charge in [-0.2, -0.15) is 10.1 Å². The molecule has 3 aliphatic heterocycles. The predicted octanol–water partition coefficient (Wildman–Crippen LogP) is 2.60. The van der Waals surface area contributed by atoms with E-state index in [1.807, 2.05) is 36.2 Å². The van der Waals surface area contributed by atoms with Crippen molar-refractivity contribution in [3.63, 3.8) is 0 Å². The molecule has 8 nitrogen and oxygen atoms in total. The third-order valence-corrected chi connectivity index (χ3v) is 6.77. The van der Waals surface area contributed by atoms with Crippen LogP contribution in [-0.2, 0) is 16.1 Å². The molecule has 0 bridgehead atoms. The van der Waals surface area contributed by atoms with E-state index in [2.05, 4.69) is 47.1 Å². The highest BCUT2D eigenvalue weighted by atomic mass is 16.6. The number of ether oxygens (including phenoxy) is 2. The van der Waals surface area contributed by atoms with E-state index in [1.54, 1.807) is 5.12 Å². The molecule has 3 heterocycles. The van der Waals surface area contributed by atoms with Gasteiger partial charge in [0.25, 0.3) is 6.23 Å². The summed E-state index contributed by atoms with van der Waals surface area (Å²) in [7, 11) is 2.18. The summed E-state index contributed by atoms with van der Waals surface area (Å²) in [6.07, 6.45) is 0.669. The second-order valence-electron chi connectivity index (χ2n) is 9.44. The van der Waals surface area contributed by atoms with Crippen LogP contribution >= 0.6 is 0 Å². The van der Waals surface area contributed by atoms with Crippen LogP contribution in [0.3, 0.4) is 0 Å². The largest absolute Gasteiger partial charge is 0.473 e. The molecule has 0 spiro atoms. The summed E-state index contributed by atoms with van der Waals surface area (Å²) in [5.41, 5.74) is 4.44. The lowest BCUT2D eigenvalue weighted by molar-refractivity contribution is -0.218. The first kappa shape index (κ1) is 22.8. The Morgan fingerprint density at radius 2 is 1.82 bits per heavy atom. The molecule has 0 aliphatic carbocycles. The van der Waals surface area contributed by atoms with E-state index < -0.39 is 6.23 Å². The third-order valence-electron chi connectivity index (χ3n) is 6.77. The van der Waals surface area contributed by atoms with Gasteiger partial charge in [-0.15, -0.1) is 5.10 Å². The van der Waals surface area contributed by atoms with Crippen molar-refractivity contribution < 1.29 is 14.3 Å². The number of hydrogen-bond acceptors (Lipinski definition) is 8. The summed E-state index contributed by atoms with van der Waals surface area (Å²) in [5.74, 6) is 1.31. The Labute approximate surface area is 201 Å². The molecule has 2 fully saturated rings. The molecule has 180 valence electrons. The van der Waals surface area contributed by atoms with Gasteiger partial charge in [0.2, 0.25) is 5.90 Å². The molecule has 8 heteroatoms. The van der Waals surface area contributed by atoms with E-state index in [0.717, 1.165) is 74.4 Å². The number of carbonyl (C=O) groups excluding carboxylic acids is 1. The monoisotopic (exact) mass is 463 g/mol. The number of rotatable bonds is 7. The lowest BCUT2D eigenvalue weighted by atomic mass is 10.1. The fraction of sp³-hybridized carbons (Fsp3) is 0.462. The quantitative estimate of drug-likeness (QED) is 0.585. The zero-order valence-electron chi connectivity index (χ0n) is 20.2. The van der Waals surface area contributed by atoms with Crippen molar-refractivity contribution in [2.75, 3.05) is 39.8 Å². The van der Waals surface area contributed by atoms with Crippen molar-refractivity contribution in [1.29, 1.82) is 0 Å². The number of carbonyl (C=O) groups is 1. The molecule has 2 unspecified atom stereocenters. The summed E-state index contributed by atoms with van der Waals surface area (Å²) < 4.78 is 12.2. The van der Waals surface area contributed by atoms with Crippen molar-refractivity contribution in [3.05, 3.63) is 64.7 Å². The van der Waals surface area contributed by atoms with Gasteiger partial charge < -0.3 is 14.4 Å². The Balaban J connectivity index is 1.24.